The van der Waals surface area contributed by atoms with E-state index < -0.39 is 0 Å². The minimum absolute atomic E-state index is 0.234. The first-order valence-corrected chi connectivity index (χ1v) is 10.5. The van der Waals surface area contributed by atoms with Crippen LogP contribution >= 0.6 is 0 Å². The molecule has 6 nitrogen and oxygen atoms in total. The first-order valence-electron chi connectivity index (χ1n) is 10.5. The molecule has 0 aliphatic carbocycles. The number of hydrogen-bond acceptors (Lipinski definition) is 4. The van der Waals surface area contributed by atoms with Crippen LogP contribution in [0.15, 0.2) is 42.6 Å². The molecule has 0 radical (unpaired) electrons. The van der Waals surface area contributed by atoms with Crippen molar-refractivity contribution >= 4 is 17.4 Å². The van der Waals surface area contributed by atoms with E-state index in [-0.39, 0.29) is 11.9 Å². The fourth-order valence-corrected chi connectivity index (χ4v) is 4.03. The third kappa shape index (κ3) is 4.26. The Kier molecular flexibility index (Phi) is 5.51. The zero-order valence-corrected chi connectivity index (χ0v) is 17.4. The predicted octanol–water partition coefficient (Wildman–Crippen LogP) is 4.15. The van der Waals surface area contributed by atoms with E-state index in [2.05, 4.69) is 55.3 Å². The van der Waals surface area contributed by atoms with Crippen molar-refractivity contribution in [2.45, 2.75) is 46.1 Å². The largest absolute Gasteiger partial charge is 0.367 e. The summed E-state index contributed by atoms with van der Waals surface area (Å²) in [6.07, 6.45) is 4.60. The van der Waals surface area contributed by atoms with Gasteiger partial charge < -0.3 is 10.2 Å². The number of aryl methyl sites for hydroxylation is 1. The van der Waals surface area contributed by atoms with Gasteiger partial charge in [0, 0.05) is 31.1 Å². The third-order valence-electron chi connectivity index (χ3n) is 5.48. The molecule has 4 rings (SSSR count). The highest BCUT2D eigenvalue weighted by Gasteiger charge is 2.28. The van der Waals surface area contributed by atoms with E-state index in [1.54, 1.807) is 0 Å². The molecule has 1 atom stereocenters. The van der Waals surface area contributed by atoms with Crippen molar-refractivity contribution < 1.29 is 4.79 Å². The molecule has 1 aliphatic heterocycles. The summed E-state index contributed by atoms with van der Waals surface area (Å²) in [6.45, 7) is 7.86. The van der Waals surface area contributed by atoms with E-state index in [1.807, 2.05) is 27.7 Å². The number of benzene rings is 1. The molecule has 0 unspecified atom stereocenters. The molecule has 0 saturated carbocycles. The number of rotatable bonds is 6. The third-order valence-corrected chi connectivity index (χ3v) is 5.48. The molecule has 2 aromatic heterocycles. The fraction of sp³-hybridized carbons (Fsp3) is 0.435. The van der Waals surface area contributed by atoms with Crippen molar-refractivity contribution in [2.24, 2.45) is 5.92 Å². The van der Waals surface area contributed by atoms with E-state index in [0.29, 0.717) is 12.3 Å². The Morgan fingerprint density at radius 2 is 2.14 bits per heavy atom. The topological polar surface area (TPSA) is 62.5 Å². The number of hydrogen-bond donors (Lipinski definition) is 1. The maximum atomic E-state index is 12.5. The lowest BCUT2D eigenvalue weighted by atomic mass is 10.1. The molecule has 1 N–H and O–H groups in total. The van der Waals surface area contributed by atoms with Gasteiger partial charge in [0.05, 0.1) is 11.9 Å². The predicted molar refractivity (Wildman–Crippen MR) is 116 cm³/mol. The Morgan fingerprint density at radius 1 is 1.28 bits per heavy atom. The lowest BCUT2D eigenvalue weighted by Crippen LogP contribution is -2.40. The first kappa shape index (κ1) is 19.4. The van der Waals surface area contributed by atoms with Crippen LogP contribution in [0.5, 0.6) is 0 Å². The molecule has 1 aliphatic rings. The number of likely N-dealkylation sites (tertiary alicyclic amines) is 1. The molecular formula is C23H29N5O. The Hall–Kier alpha value is -2.89. The number of imidazole rings is 1. The average Bonchev–Trinajstić information content (AvgIpc) is 3.32. The van der Waals surface area contributed by atoms with Crippen LogP contribution < -0.4 is 5.32 Å². The monoisotopic (exact) mass is 391 g/mol. The van der Waals surface area contributed by atoms with E-state index in [4.69, 9.17) is 5.10 Å². The van der Waals surface area contributed by atoms with Gasteiger partial charge in [-0.2, -0.15) is 0 Å². The Balaban J connectivity index is 1.50. The van der Waals surface area contributed by atoms with Gasteiger partial charge in [-0.25, -0.2) is 9.50 Å². The number of aromatic nitrogens is 3. The number of carbonyl (C=O) groups is 1. The zero-order valence-electron chi connectivity index (χ0n) is 17.4. The van der Waals surface area contributed by atoms with Crippen molar-refractivity contribution in [3.05, 3.63) is 48.2 Å². The lowest BCUT2D eigenvalue weighted by Gasteiger charge is -2.26. The number of carbonyl (C=O) groups excluding carboxylic acids is 1. The molecule has 6 heteroatoms. The standard InChI is InChI=1S/C23H29N5O/c1-16(2)12-23(29)27-11-5-8-19(27)14-24-21-9-10-22-25-15-20(28(22)26-21)18-7-4-6-17(3)13-18/h4,6-7,9-10,13,15-16,19H,5,8,11-12,14H2,1-3H3,(H,24,26)/t19-/m0/s1. The molecule has 0 bridgehead atoms. The summed E-state index contributed by atoms with van der Waals surface area (Å²) in [5.41, 5.74) is 4.10. The second kappa shape index (κ2) is 8.23. The molecule has 1 saturated heterocycles. The van der Waals surface area contributed by atoms with Crippen LogP contribution in [0.1, 0.15) is 38.7 Å². The summed E-state index contributed by atoms with van der Waals surface area (Å²) in [5, 5.41) is 8.20. The lowest BCUT2D eigenvalue weighted by molar-refractivity contribution is -0.132. The molecule has 0 spiro atoms. The van der Waals surface area contributed by atoms with Gasteiger partial charge in [-0.3, -0.25) is 4.79 Å². The molecule has 152 valence electrons. The molecule has 29 heavy (non-hydrogen) atoms. The van der Waals surface area contributed by atoms with Crippen molar-refractivity contribution in [1.82, 2.24) is 19.5 Å². The van der Waals surface area contributed by atoms with E-state index in [1.165, 1.54) is 5.56 Å². The highest BCUT2D eigenvalue weighted by molar-refractivity contribution is 5.77. The SMILES string of the molecule is Cc1cccc(-c2cnc3ccc(NC[C@@H]4CCCN4C(=O)CC(C)C)nn23)c1. The average molecular weight is 392 g/mol. The van der Waals surface area contributed by atoms with Crippen LogP contribution in [-0.2, 0) is 4.79 Å². The van der Waals surface area contributed by atoms with Gasteiger partial charge in [0.15, 0.2) is 5.65 Å². The van der Waals surface area contributed by atoms with Crippen LogP contribution in [-0.4, -0.2) is 44.5 Å². The molecular weight excluding hydrogens is 362 g/mol. The van der Waals surface area contributed by atoms with Gasteiger partial charge in [-0.15, -0.1) is 5.10 Å². The van der Waals surface area contributed by atoms with Crippen molar-refractivity contribution in [1.29, 1.82) is 0 Å². The molecule has 3 heterocycles. The first-order chi connectivity index (χ1) is 14.0. The van der Waals surface area contributed by atoms with Crippen LogP contribution in [0.4, 0.5) is 5.82 Å². The van der Waals surface area contributed by atoms with Crippen LogP contribution in [0.2, 0.25) is 0 Å². The van der Waals surface area contributed by atoms with Gasteiger partial charge in [-0.1, -0.05) is 37.6 Å². The Bertz CT molecular complexity index is 1010. The van der Waals surface area contributed by atoms with Gasteiger partial charge in [0.2, 0.25) is 5.91 Å². The van der Waals surface area contributed by atoms with Gasteiger partial charge in [0.1, 0.15) is 5.82 Å². The minimum atomic E-state index is 0.234. The van der Waals surface area contributed by atoms with E-state index in [0.717, 1.165) is 48.7 Å². The Morgan fingerprint density at radius 3 is 2.93 bits per heavy atom. The number of amides is 1. The zero-order chi connectivity index (χ0) is 20.4. The summed E-state index contributed by atoms with van der Waals surface area (Å²) >= 11 is 0. The number of fused-ring (bicyclic) bond motifs is 1. The molecule has 1 aromatic carbocycles. The highest BCUT2D eigenvalue weighted by Crippen LogP contribution is 2.23. The summed E-state index contributed by atoms with van der Waals surface area (Å²) < 4.78 is 1.88. The second-order valence-electron chi connectivity index (χ2n) is 8.36. The minimum Gasteiger partial charge on any atom is -0.367 e. The van der Waals surface area contributed by atoms with Crippen molar-refractivity contribution in [3.8, 4) is 11.3 Å². The van der Waals surface area contributed by atoms with Crippen molar-refractivity contribution in [3.63, 3.8) is 0 Å². The maximum Gasteiger partial charge on any atom is 0.223 e. The number of nitrogens with one attached hydrogen (secondary N) is 1. The van der Waals surface area contributed by atoms with E-state index >= 15 is 0 Å². The number of anilines is 1. The summed E-state index contributed by atoms with van der Waals surface area (Å²) in [4.78, 5) is 19.0. The molecule has 3 aromatic rings. The smallest absolute Gasteiger partial charge is 0.223 e. The summed E-state index contributed by atoms with van der Waals surface area (Å²) in [7, 11) is 0. The number of nitrogens with zero attached hydrogens (tertiary/aromatic N) is 4. The molecule has 1 fully saturated rings. The molecule has 1 amide bonds. The Labute approximate surface area is 171 Å². The second-order valence-corrected chi connectivity index (χ2v) is 8.36. The van der Waals surface area contributed by atoms with E-state index in [9.17, 15) is 4.79 Å². The van der Waals surface area contributed by atoms with Crippen LogP contribution in [0.25, 0.3) is 16.9 Å². The van der Waals surface area contributed by atoms with Gasteiger partial charge >= 0.3 is 0 Å². The van der Waals surface area contributed by atoms with Gasteiger partial charge in [-0.05, 0) is 43.9 Å². The quantitative estimate of drug-likeness (QED) is 0.686. The van der Waals surface area contributed by atoms with Crippen LogP contribution in [0.3, 0.4) is 0 Å². The van der Waals surface area contributed by atoms with Gasteiger partial charge in [0.25, 0.3) is 0 Å². The fourth-order valence-electron chi connectivity index (χ4n) is 4.03. The summed E-state index contributed by atoms with van der Waals surface area (Å²) in [6, 6.07) is 12.5. The maximum absolute atomic E-state index is 12.5. The van der Waals surface area contributed by atoms with Crippen molar-refractivity contribution in [2.75, 3.05) is 18.4 Å². The normalized spacial score (nSPS) is 16.7. The highest BCUT2D eigenvalue weighted by atomic mass is 16.2. The summed E-state index contributed by atoms with van der Waals surface area (Å²) in [5.74, 6) is 1.46. The van der Waals surface area contributed by atoms with Crippen LogP contribution in [0, 0.1) is 12.8 Å².